The monoisotopic (exact) mass is 102 g/mol. The van der Waals surface area contributed by atoms with Crippen molar-refractivity contribution in [1.29, 1.82) is 5.41 Å². The van der Waals surface area contributed by atoms with Crippen LogP contribution in [-0.4, -0.2) is 18.1 Å². The summed E-state index contributed by atoms with van der Waals surface area (Å²) in [7, 11) is 1.68. The van der Waals surface area contributed by atoms with E-state index < -0.39 is 0 Å². The molecule has 0 saturated carbocycles. The van der Waals surface area contributed by atoms with Crippen LogP contribution in [0.15, 0.2) is 4.99 Å². The Morgan fingerprint density at radius 3 is 2.67 bits per heavy atom. The summed E-state index contributed by atoms with van der Waals surface area (Å²) in [5, 5.41) is 6.45. The molecule has 0 amide bonds. The number of nitrogens with one attached hydrogen (secondary N) is 1. The maximum atomic E-state index is 6.45. The number of hydrogen-bond donors (Lipinski definition) is 1. The van der Waals surface area contributed by atoms with Gasteiger partial charge in [-0.1, -0.05) is 11.8 Å². The third-order valence-corrected chi connectivity index (χ3v) is 0.703. The highest BCUT2D eigenvalue weighted by molar-refractivity contribution is 8.23. The lowest BCUT2D eigenvalue weighted by Gasteiger charge is -1.68. The Balaban J connectivity index is 2.85. The summed E-state index contributed by atoms with van der Waals surface area (Å²) >= 11 is 1.26. The molecule has 0 fully saturated rings. The van der Waals surface area contributed by atoms with E-state index in [1.54, 1.807) is 12.6 Å². The van der Waals surface area contributed by atoms with Crippen molar-refractivity contribution >= 4 is 22.9 Å². The highest BCUT2D eigenvalue weighted by Crippen LogP contribution is 1.81. The zero-order valence-electron chi connectivity index (χ0n) is 3.51. The standard InChI is InChI=1S/C3H6N2S/c1-5-3-6-2-4/h2-4H,1H3/b4-2?,5-3-. The third-order valence-electron chi connectivity index (χ3n) is 0.234. The topological polar surface area (TPSA) is 36.2 Å². The first-order valence-corrected chi connectivity index (χ1v) is 2.41. The molecule has 0 bridgehead atoms. The Kier molecular flexibility index (Phi) is 4.45. The van der Waals surface area contributed by atoms with Gasteiger partial charge < -0.3 is 5.41 Å². The molecule has 3 heteroatoms. The molecule has 0 aromatic heterocycles. The van der Waals surface area contributed by atoms with E-state index in [0.717, 1.165) is 0 Å². The third kappa shape index (κ3) is 3.69. The van der Waals surface area contributed by atoms with Gasteiger partial charge in [0, 0.05) is 7.05 Å². The van der Waals surface area contributed by atoms with E-state index in [-0.39, 0.29) is 0 Å². The molecule has 1 N–H and O–H groups in total. The van der Waals surface area contributed by atoms with Gasteiger partial charge in [0.15, 0.2) is 0 Å². The first kappa shape index (κ1) is 5.69. The normalized spacial score (nSPS) is 9.50. The molecule has 0 aliphatic rings. The maximum absolute atomic E-state index is 6.45. The van der Waals surface area contributed by atoms with Crippen LogP contribution < -0.4 is 0 Å². The van der Waals surface area contributed by atoms with Crippen molar-refractivity contribution < 1.29 is 0 Å². The van der Waals surface area contributed by atoms with Crippen LogP contribution in [0.3, 0.4) is 0 Å². The van der Waals surface area contributed by atoms with Crippen LogP contribution in [0.4, 0.5) is 0 Å². The van der Waals surface area contributed by atoms with E-state index >= 15 is 0 Å². The SMILES string of the molecule is C/N=C\SC=N. The molecule has 0 aromatic carbocycles. The van der Waals surface area contributed by atoms with Crippen LogP contribution in [0.1, 0.15) is 0 Å². The minimum Gasteiger partial charge on any atom is -0.302 e. The summed E-state index contributed by atoms with van der Waals surface area (Å²) in [4.78, 5) is 3.61. The average Bonchev–Trinajstić information content (AvgIpc) is 1.61. The molecular formula is C3H6N2S. The first-order chi connectivity index (χ1) is 2.91. The summed E-state index contributed by atoms with van der Waals surface area (Å²) in [5.41, 5.74) is 2.83. The second-order valence-corrected chi connectivity index (χ2v) is 1.34. The van der Waals surface area contributed by atoms with E-state index in [4.69, 9.17) is 5.41 Å². The predicted octanol–water partition coefficient (Wildman–Crippen LogP) is 0.985. The molecule has 0 atom stereocenters. The van der Waals surface area contributed by atoms with Gasteiger partial charge in [-0.05, 0) is 0 Å². The van der Waals surface area contributed by atoms with Gasteiger partial charge in [-0.15, -0.1) is 0 Å². The minimum atomic E-state index is 1.23. The summed E-state index contributed by atoms with van der Waals surface area (Å²) in [6, 6.07) is 0. The molecule has 34 valence electrons. The largest absolute Gasteiger partial charge is 0.302 e. The Labute approximate surface area is 41.2 Å². The van der Waals surface area contributed by atoms with Crippen molar-refractivity contribution in [2.75, 3.05) is 7.05 Å². The molecule has 0 radical (unpaired) electrons. The lowest BCUT2D eigenvalue weighted by atomic mass is 11.4. The van der Waals surface area contributed by atoms with Crippen LogP contribution in [0, 0.1) is 5.41 Å². The Morgan fingerprint density at radius 1 is 1.83 bits per heavy atom. The molecule has 6 heavy (non-hydrogen) atoms. The van der Waals surface area contributed by atoms with E-state index in [1.807, 2.05) is 0 Å². The summed E-state index contributed by atoms with van der Waals surface area (Å²) in [5.74, 6) is 0. The van der Waals surface area contributed by atoms with Gasteiger partial charge in [0.05, 0.1) is 11.1 Å². The Bertz CT molecular complexity index is 59.8. The van der Waals surface area contributed by atoms with Gasteiger partial charge in [-0.3, -0.25) is 4.99 Å². The van der Waals surface area contributed by atoms with E-state index in [9.17, 15) is 0 Å². The fourth-order valence-electron chi connectivity index (χ4n) is 0.0913. The van der Waals surface area contributed by atoms with E-state index in [2.05, 4.69) is 4.99 Å². The van der Waals surface area contributed by atoms with Crippen molar-refractivity contribution in [3.63, 3.8) is 0 Å². The van der Waals surface area contributed by atoms with Gasteiger partial charge >= 0.3 is 0 Å². The number of rotatable bonds is 2. The lowest BCUT2D eigenvalue weighted by molar-refractivity contribution is 1.49. The predicted molar refractivity (Wildman–Crippen MR) is 30.8 cm³/mol. The zero-order chi connectivity index (χ0) is 4.83. The van der Waals surface area contributed by atoms with Crippen molar-refractivity contribution in [3.05, 3.63) is 0 Å². The summed E-state index contributed by atoms with van der Waals surface area (Å²) < 4.78 is 0. The maximum Gasteiger partial charge on any atom is 0.0594 e. The van der Waals surface area contributed by atoms with Gasteiger partial charge in [-0.25, -0.2) is 0 Å². The van der Waals surface area contributed by atoms with E-state index in [1.165, 1.54) is 17.3 Å². The fraction of sp³-hybridized carbons (Fsp3) is 0.333. The van der Waals surface area contributed by atoms with E-state index in [0.29, 0.717) is 0 Å². The Morgan fingerprint density at radius 2 is 2.50 bits per heavy atom. The van der Waals surface area contributed by atoms with Gasteiger partial charge in [0.25, 0.3) is 0 Å². The minimum absolute atomic E-state index is 1.23. The molecule has 0 aromatic rings. The second-order valence-electron chi connectivity index (χ2n) is 0.618. The fourth-order valence-corrected chi connectivity index (χ4v) is 0.274. The first-order valence-electron chi connectivity index (χ1n) is 1.47. The molecule has 0 aliphatic heterocycles. The Hall–Kier alpha value is -0.310. The highest BCUT2D eigenvalue weighted by Gasteiger charge is 1.60. The summed E-state index contributed by atoms with van der Waals surface area (Å²) in [6.45, 7) is 0. The van der Waals surface area contributed by atoms with Gasteiger partial charge in [-0.2, -0.15) is 0 Å². The van der Waals surface area contributed by atoms with Crippen LogP contribution in [0.2, 0.25) is 0 Å². The van der Waals surface area contributed by atoms with Gasteiger partial charge in [0.1, 0.15) is 0 Å². The van der Waals surface area contributed by atoms with Crippen molar-refractivity contribution in [2.45, 2.75) is 0 Å². The molecule has 0 unspecified atom stereocenters. The summed E-state index contributed by atoms with van der Waals surface area (Å²) in [6.07, 6.45) is 0. The van der Waals surface area contributed by atoms with Crippen molar-refractivity contribution in [1.82, 2.24) is 0 Å². The molecule has 2 nitrogen and oxygen atoms in total. The number of thioether (sulfide) groups is 1. The van der Waals surface area contributed by atoms with Gasteiger partial charge in [0.2, 0.25) is 0 Å². The number of hydrogen-bond acceptors (Lipinski definition) is 3. The number of aliphatic imine (C=N–C) groups is 1. The molecule has 0 rings (SSSR count). The molecule has 0 aliphatic carbocycles. The second kappa shape index (κ2) is 4.69. The molecule has 0 heterocycles. The smallest absolute Gasteiger partial charge is 0.0594 e. The molecule has 0 saturated heterocycles. The molecular weight excluding hydrogens is 96.1 g/mol. The lowest BCUT2D eigenvalue weighted by Crippen LogP contribution is -1.58. The van der Waals surface area contributed by atoms with Crippen LogP contribution in [-0.2, 0) is 0 Å². The highest BCUT2D eigenvalue weighted by atomic mass is 32.2. The van der Waals surface area contributed by atoms with Crippen molar-refractivity contribution in [3.8, 4) is 0 Å². The zero-order valence-corrected chi connectivity index (χ0v) is 4.33. The van der Waals surface area contributed by atoms with Crippen LogP contribution in [0.25, 0.3) is 0 Å². The number of nitrogens with zero attached hydrogens (tertiary/aromatic N) is 1. The van der Waals surface area contributed by atoms with Crippen molar-refractivity contribution in [2.24, 2.45) is 4.99 Å². The van der Waals surface area contributed by atoms with Crippen LogP contribution in [0.5, 0.6) is 0 Å². The van der Waals surface area contributed by atoms with Crippen LogP contribution >= 0.6 is 11.8 Å². The molecule has 0 spiro atoms. The quantitative estimate of drug-likeness (QED) is 0.409. The average molecular weight is 102 g/mol.